The van der Waals surface area contributed by atoms with Crippen molar-refractivity contribution in [2.75, 3.05) is 27.4 Å². The van der Waals surface area contributed by atoms with Crippen LogP contribution in [0.5, 0.6) is 11.5 Å². The van der Waals surface area contributed by atoms with Crippen LogP contribution in [0.2, 0.25) is 5.02 Å². The van der Waals surface area contributed by atoms with E-state index in [9.17, 15) is 9.59 Å². The Morgan fingerprint density at radius 2 is 2.00 bits per heavy atom. The molecule has 2 rings (SSSR count). The number of esters is 2. The molecule has 0 radical (unpaired) electrons. The number of nitrogens with one attached hydrogen (secondary N) is 1. The molecule has 0 atom stereocenters. The largest absolute Gasteiger partial charge is 0.493 e. The van der Waals surface area contributed by atoms with Gasteiger partial charge in [0.15, 0.2) is 23.8 Å². The molecule has 10 heteroatoms. The third kappa shape index (κ3) is 4.18. The van der Waals surface area contributed by atoms with Gasteiger partial charge in [0.1, 0.15) is 5.69 Å². The number of hydrogen-bond acceptors (Lipinski definition) is 8. The molecule has 0 fully saturated rings. The van der Waals surface area contributed by atoms with E-state index >= 15 is 0 Å². The summed E-state index contributed by atoms with van der Waals surface area (Å²) in [7, 11) is 2.66. The second-order valence-corrected chi connectivity index (χ2v) is 5.00. The first kappa shape index (κ1) is 18.5. The minimum absolute atomic E-state index is 0.0169. The maximum atomic E-state index is 11.9. The van der Waals surface area contributed by atoms with Crippen molar-refractivity contribution in [3.05, 3.63) is 22.8 Å². The van der Waals surface area contributed by atoms with Gasteiger partial charge in [-0.3, -0.25) is 0 Å². The molecular formula is C15H16ClN3O6. The van der Waals surface area contributed by atoms with Crippen LogP contribution in [-0.4, -0.2) is 54.8 Å². The first-order chi connectivity index (χ1) is 12.0. The van der Waals surface area contributed by atoms with Gasteiger partial charge in [-0.15, -0.1) is 5.10 Å². The minimum atomic E-state index is -0.618. The van der Waals surface area contributed by atoms with E-state index in [4.69, 9.17) is 25.8 Å². The lowest BCUT2D eigenvalue weighted by molar-refractivity contribution is -0.142. The Labute approximate surface area is 148 Å². The standard InChI is InChI=1S/C15H16ClN3O6/c1-4-24-15(21)13-12(17-19-18-13)8-5-9(16)14(10(6-8)22-2)25-7-11(20)23-3/h5-6H,4,7H2,1-3H3,(H,17,18,19). The lowest BCUT2D eigenvalue weighted by atomic mass is 10.1. The summed E-state index contributed by atoms with van der Waals surface area (Å²) >= 11 is 6.22. The van der Waals surface area contributed by atoms with Crippen LogP contribution in [0, 0.1) is 0 Å². The van der Waals surface area contributed by atoms with Gasteiger partial charge in [-0.25, -0.2) is 9.59 Å². The monoisotopic (exact) mass is 369 g/mol. The predicted molar refractivity (Wildman–Crippen MR) is 86.8 cm³/mol. The smallest absolute Gasteiger partial charge is 0.361 e. The number of benzene rings is 1. The molecule has 134 valence electrons. The number of aromatic amines is 1. The van der Waals surface area contributed by atoms with E-state index < -0.39 is 11.9 Å². The Kier molecular flexibility index (Phi) is 6.18. The van der Waals surface area contributed by atoms with Crippen molar-refractivity contribution in [3.8, 4) is 22.8 Å². The van der Waals surface area contributed by atoms with E-state index in [2.05, 4.69) is 20.1 Å². The number of rotatable bonds is 7. The highest BCUT2D eigenvalue weighted by Gasteiger charge is 2.22. The molecule has 0 spiro atoms. The Hall–Kier alpha value is -2.81. The van der Waals surface area contributed by atoms with Crippen molar-refractivity contribution in [3.63, 3.8) is 0 Å². The predicted octanol–water partition coefficient (Wildman–Crippen LogP) is 1.86. The molecule has 2 aromatic rings. The molecule has 1 heterocycles. The van der Waals surface area contributed by atoms with Gasteiger partial charge in [-0.1, -0.05) is 11.6 Å². The maximum Gasteiger partial charge on any atom is 0.361 e. The van der Waals surface area contributed by atoms with E-state index in [-0.39, 0.29) is 41.1 Å². The van der Waals surface area contributed by atoms with E-state index in [0.717, 1.165) is 0 Å². The van der Waals surface area contributed by atoms with Gasteiger partial charge in [0.2, 0.25) is 0 Å². The average Bonchev–Trinajstić information content (AvgIpc) is 3.09. The van der Waals surface area contributed by atoms with Crippen LogP contribution in [0.1, 0.15) is 17.4 Å². The van der Waals surface area contributed by atoms with Gasteiger partial charge < -0.3 is 18.9 Å². The number of methoxy groups -OCH3 is 2. The fourth-order valence-corrected chi connectivity index (χ4v) is 2.23. The van der Waals surface area contributed by atoms with Crippen LogP contribution < -0.4 is 9.47 Å². The number of halogens is 1. The van der Waals surface area contributed by atoms with Gasteiger partial charge in [0.05, 0.1) is 25.8 Å². The van der Waals surface area contributed by atoms with Crippen molar-refractivity contribution in [2.45, 2.75) is 6.92 Å². The number of nitrogens with zero attached hydrogens (tertiary/aromatic N) is 2. The highest BCUT2D eigenvalue weighted by atomic mass is 35.5. The van der Waals surface area contributed by atoms with Gasteiger partial charge >= 0.3 is 11.9 Å². The summed E-state index contributed by atoms with van der Waals surface area (Å²) in [6, 6.07) is 3.07. The van der Waals surface area contributed by atoms with Gasteiger partial charge in [-0.2, -0.15) is 10.3 Å². The molecule has 1 aromatic heterocycles. The molecule has 1 N–H and O–H groups in total. The molecule has 0 saturated carbocycles. The van der Waals surface area contributed by atoms with Crippen molar-refractivity contribution >= 4 is 23.5 Å². The third-order valence-corrected chi connectivity index (χ3v) is 3.36. The summed E-state index contributed by atoms with van der Waals surface area (Å²) < 4.78 is 20.0. The van der Waals surface area contributed by atoms with Crippen LogP contribution >= 0.6 is 11.6 Å². The quantitative estimate of drug-likeness (QED) is 0.736. The Morgan fingerprint density at radius 1 is 1.24 bits per heavy atom. The fraction of sp³-hybridized carbons (Fsp3) is 0.333. The number of carbonyl (C=O) groups excluding carboxylic acids is 2. The highest BCUT2D eigenvalue weighted by molar-refractivity contribution is 6.32. The SMILES string of the molecule is CCOC(=O)c1n[nH]nc1-c1cc(Cl)c(OCC(=O)OC)c(OC)c1. The molecule has 0 bridgehead atoms. The van der Waals surface area contributed by atoms with Crippen LogP contribution in [0.15, 0.2) is 12.1 Å². The van der Waals surface area contributed by atoms with Crippen molar-refractivity contribution in [2.24, 2.45) is 0 Å². The molecule has 0 aliphatic rings. The number of aromatic nitrogens is 3. The van der Waals surface area contributed by atoms with Crippen LogP contribution in [0.3, 0.4) is 0 Å². The van der Waals surface area contributed by atoms with Crippen LogP contribution in [0.25, 0.3) is 11.3 Å². The topological polar surface area (TPSA) is 113 Å². The summed E-state index contributed by atoms with van der Waals surface area (Å²) in [6.07, 6.45) is 0. The van der Waals surface area contributed by atoms with E-state index in [1.807, 2.05) is 0 Å². The molecule has 25 heavy (non-hydrogen) atoms. The maximum absolute atomic E-state index is 11.9. The van der Waals surface area contributed by atoms with Crippen LogP contribution in [-0.2, 0) is 14.3 Å². The van der Waals surface area contributed by atoms with Crippen molar-refractivity contribution in [1.29, 1.82) is 0 Å². The highest BCUT2D eigenvalue weighted by Crippen LogP contribution is 2.39. The van der Waals surface area contributed by atoms with Gasteiger partial charge in [0, 0.05) is 5.56 Å². The Morgan fingerprint density at radius 3 is 2.64 bits per heavy atom. The summed E-state index contributed by atoms with van der Waals surface area (Å²) in [5.74, 6) is -0.764. The number of hydrogen-bond donors (Lipinski definition) is 1. The second kappa shape index (κ2) is 8.34. The molecule has 0 aliphatic heterocycles. The number of carbonyl (C=O) groups is 2. The minimum Gasteiger partial charge on any atom is -0.493 e. The van der Waals surface area contributed by atoms with Crippen LogP contribution in [0.4, 0.5) is 0 Å². The summed E-state index contributed by atoms with van der Waals surface area (Å²) in [5.41, 5.74) is 0.727. The lowest BCUT2D eigenvalue weighted by Crippen LogP contribution is -2.13. The van der Waals surface area contributed by atoms with E-state index in [0.29, 0.717) is 5.56 Å². The molecule has 0 saturated heterocycles. The second-order valence-electron chi connectivity index (χ2n) is 4.60. The van der Waals surface area contributed by atoms with E-state index in [1.165, 1.54) is 20.3 Å². The lowest BCUT2D eigenvalue weighted by Gasteiger charge is -2.13. The zero-order chi connectivity index (χ0) is 18.4. The third-order valence-electron chi connectivity index (χ3n) is 3.08. The number of ether oxygens (including phenoxy) is 4. The normalized spacial score (nSPS) is 10.2. The van der Waals surface area contributed by atoms with E-state index in [1.54, 1.807) is 13.0 Å². The average molecular weight is 370 g/mol. The molecule has 0 amide bonds. The van der Waals surface area contributed by atoms with Crippen molar-refractivity contribution in [1.82, 2.24) is 15.4 Å². The Bertz CT molecular complexity index is 777. The van der Waals surface area contributed by atoms with Crippen molar-refractivity contribution < 1.29 is 28.5 Å². The fourth-order valence-electron chi connectivity index (χ4n) is 1.96. The summed E-state index contributed by atoms with van der Waals surface area (Å²) in [4.78, 5) is 23.2. The van der Waals surface area contributed by atoms with Gasteiger partial charge in [0.25, 0.3) is 0 Å². The zero-order valence-electron chi connectivity index (χ0n) is 13.8. The first-order valence-electron chi connectivity index (χ1n) is 7.17. The Balaban J connectivity index is 2.39. The number of H-pyrrole nitrogens is 1. The molecular weight excluding hydrogens is 354 g/mol. The molecule has 0 unspecified atom stereocenters. The summed E-state index contributed by atoms with van der Waals surface area (Å²) in [5, 5.41) is 10.3. The summed E-state index contributed by atoms with van der Waals surface area (Å²) in [6.45, 7) is 1.56. The zero-order valence-corrected chi connectivity index (χ0v) is 14.5. The first-order valence-corrected chi connectivity index (χ1v) is 7.55. The molecule has 1 aromatic carbocycles. The molecule has 0 aliphatic carbocycles. The molecule has 9 nitrogen and oxygen atoms in total. The van der Waals surface area contributed by atoms with Gasteiger partial charge in [-0.05, 0) is 19.1 Å².